The molecule has 0 aromatic carbocycles. The van der Waals surface area contributed by atoms with Gasteiger partial charge in [0.25, 0.3) is 0 Å². The SMILES string of the molecule is CCN(C)C(=O)C=C1CCCC1. The van der Waals surface area contributed by atoms with Crippen LogP contribution in [0.4, 0.5) is 0 Å². The predicted molar refractivity (Wildman–Crippen MR) is 49.9 cm³/mol. The van der Waals surface area contributed by atoms with Gasteiger partial charge in [0.2, 0.25) is 5.91 Å². The zero-order chi connectivity index (χ0) is 8.97. The lowest BCUT2D eigenvalue weighted by atomic mass is 10.2. The van der Waals surface area contributed by atoms with Gasteiger partial charge in [-0.25, -0.2) is 0 Å². The first-order valence-electron chi connectivity index (χ1n) is 4.68. The highest BCUT2D eigenvalue weighted by Crippen LogP contribution is 2.23. The van der Waals surface area contributed by atoms with E-state index in [0.29, 0.717) is 0 Å². The Morgan fingerprint density at radius 2 is 2.08 bits per heavy atom. The molecule has 0 radical (unpaired) electrons. The minimum Gasteiger partial charge on any atom is -0.343 e. The van der Waals surface area contributed by atoms with Crippen LogP contribution in [0.15, 0.2) is 11.6 Å². The fourth-order valence-corrected chi connectivity index (χ4v) is 1.41. The highest BCUT2D eigenvalue weighted by Gasteiger charge is 2.09. The Hall–Kier alpha value is -0.790. The van der Waals surface area contributed by atoms with Crippen LogP contribution in [0, 0.1) is 0 Å². The quantitative estimate of drug-likeness (QED) is 0.576. The number of nitrogens with zero attached hydrogens (tertiary/aromatic N) is 1. The summed E-state index contributed by atoms with van der Waals surface area (Å²) in [7, 11) is 1.84. The maximum absolute atomic E-state index is 11.4. The third kappa shape index (κ3) is 2.36. The molecule has 1 rings (SSSR count). The summed E-state index contributed by atoms with van der Waals surface area (Å²) >= 11 is 0. The average Bonchev–Trinajstić information content (AvgIpc) is 2.55. The second-order valence-electron chi connectivity index (χ2n) is 3.36. The number of amides is 1. The van der Waals surface area contributed by atoms with E-state index in [4.69, 9.17) is 0 Å². The molecule has 0 atom stereocenters. The van der Waals surface area contributed by atoms with Crippen molar-refractivity contribution in [2.75, 3.05) is 13.6 Å². The molecule has 0 aromatic heterocycles. The number of hydrogen-bond acceptors (Lipinski definition) is 1. The van der Waals surface area contributed by atoms with E-state index in [1.165, 1.54) is 18.4 Å². The molecule has 68 valence electrons. The van der Waals surface area contributed by atoms with Crippen LogP contribution in [0.3, 0.4) is 0 Å². The summed E-state index contributed by atoms with van der Waals surface area (Å²) in [5.41, 5.74) is 1.33. The third-order valence-electron chi connectivity index (χ3n) is 2.42. The van der Waals surface area contributed by atoms with E-state index in [1.54, 1.807) is 4.90 Å². The molecule has 0 N–H and O–H groups in total. The Labute approximate surface area is 74.2 Å². The Balaban J connectivity index is 2.48. The Kier molecular flexibility index (Phi) is 3.32. The fraction of sp³-hybridized carbons (Fsp3) is 0.700. The van der Waals surface area contributed by atoms with Gasteiger partial charge in [0, 0.05) is 19.7 Å². The molecule has 1 aliphatic rings. The van der Waals surface area contributed by atoms with Crippen LogP contribution in [-0.2, 0) is 4.79 Å². The van der Waals surface area contributed by atoms with Gasteiger partial charge in [-0.05, 0) is 32.6 Å². The summed E-state index contributed by atoms with van der Waals surface area (Å²) in [5.74, 6) is 0.161. The van der Waals surface area contributed by atoms with Crippen LogP contribution in [-0.4, -0.2) is 24.4 Å². The van der Waals surface area contributed by atoms with Crippen LogP contribution in [0.2, 0.25) is 0 Å². The van der Waals surface area contributed by atoms with Gasteiger partial charge in [-0.3, -0.25) is 4.79 Å². The molecule has 1 aliphatic carbocycles. The van der Waals surface area contributed by atoms with E-state index in [-0.39, 0.29) is 5.91 Å². The molecule has 1 fully saturated rings. The van der Waals surface area contributed by atoms with E-state index < -0.39 is 0 Å². The summed E-state index contributed by atoms with van der Waals surface area (Å²) < 4.78 is 0. The summed E-state index contributed by atoms with van der Waals surface area (Å²) in [6.45, 7) is 2.79. The van der Waals surface area contributed by atoms with Crippen LogP contribution >= 0.6 is 0 Å². The Morgan fingerprint density at radius 3 is 2.58 bits per heavy atom. The zero-order valence-corrected chi connectivity index (χ0v) is 7.97. The number of hydrogen-bond donors (Lipinski definition) is 0. The molecule has 0 aromatic rings. The van der Waals surface area contributed by atoms with Crippen molar-refractivity contribution in [3.63, 3.8) is 0 Å². The second-order valence-corrected chi connectivity index (χ2v) is 3.36. The highest BCUT2D eigenvalue weighted by molar-refractivity contribution is 5.88. The number of carbonyl (C=O) groups is 1. The molecule has 0 unspecified atom stereocenters. The van der Waals surface area contributed by atoms with Crippen LogP contribution < -0.4 is 0 Å². The van der Waals surface area contributed by atoms with Crippen molar-refractivity contribution < 1.29 is 4.79 Å². The van der Waals surface area contributed by atoms with Gasteiger partial charge in [0.15, 0.2) is 0 Å². The van der Waals surface area contributed by atoms with Crippen molar-refractivity contribution in [1.29, 1.82) is 0 Å². The largest absolute Gasteiger partial charge is 0.343 e. The van der Waals surface area contributed by atoms with Gasteiger partial charge in [0.05, 0.1) is 0 Å². The van der Waals surface area contributed by atoms with E-state index in [0.717, 1.165) is 19.4 Å². The predicted octanol–water partition coefficient (Wildman–Crippen LogP) is 1.97. The van der Waals surface area contributed by atoms with E-state index >= 15 is 0 Å². The second kappa shape index (κ2) is 4.29. The molecule has 2 heteroatoms. The normalized spacial score (nSPS) is 16.3. The third-order valence-corrected chi connectivity index (χ3v) is 2.42. The van der Waals surface area contributed by atoms with Gasteiger partial charge in [0.1, 0.15) is 0 Å². The molecule has 0 bridgehead atoms. The first-order valence-corrected chi connectivity index (χ1v) is 4.68. The summed E-state index contributed by atoms with van der Waals surface area (Å²) in [6, 6.07) is 0. The molecular formula is C10H17NO. The molecular weight excluding hydrogens is 150 g/mol. The van der Waals surface area contributed by atoms with E-state index in [1.807, 2.05) is 20.0 Å². The van der Waals surface area contributed by atoms with Crippen LogP contribution in [0.5, 0.6) is 0 Å². The molecule has 0 heterocycles. The first-order chi connectivity index (χ1) is 5.74. The lowest BCUT2D eigenvalue weighted by molar-refractivity contribution is -0.124. The van der Waals surface area contributed by atoms with Crippen molar-refractivity contribution in [3.05, 3.63) is 11.6 Å². The number of allylic oxidation sites excluding steroid dienone is 1. The van der Waals surface area contributed by atoms with Crippen molar-refractivity contribution >= 4 is 5.91 Å². The van der Waals surface area contributed by atoms with Crippen LogP contribution in [0.1, 0.15) is 32.6 Å². The van der Waals surface area contributed by atoms with Gasteiger partial charge < -0.3 is 4.90 Å². The highest BCUT2D eigenvalue weighted by atomic mass is 16.2. The molecule has 0 aliphatic heterocycles. The lowest BCUT2D eigenvalue weighted by Gasteiger charge is -2.11. The molecule has 1 amide bonds. The van der Waals surface area contributed by atoms with Crippen molar-refractivity contribution in [1.82, 2.24) is 4.90 Å². The van der Waals surface area contributed by atoms with Crippen molar-refractivity contribution in [2.24, 2.45) is 0 Å². The monoisotopic (exact) mass is 167 g/mol. The summed E-state index contributed by atoms with van der Waals surface area (Å²) in [6.07, 6.45) is 6.59. The molecule has 1 saturated carbocycles. The standard InChI is InChI=1S/C10H17NO/c1-3-11(2)10(12)8-9-6-4-5-7-9/h8H,3-7H2,1-2H3. The van der Waals surface area contributed by atoms with E-state index in [2.05, 4.69) is 0 Å². The van der Waals surface area contributed by atoms with Crippen LogP contribution in [0.25, 0.3) is 0 Å². The molecule has 2 nitrogen and oxygen atoms in total. The average molecular weight is 167 g/mol. The Morgan fingerprint density at radius 1 is 1.50 bits per heavy atom. The molecule has 0 saturated heterocycles. The number of rotatable bonds is 2. The minimum absolute atomic E-state index is 0.161. The van der Waals surface area contributed by atoms with Crippen molar-refractivity contribution in [2.45, 2.75) is 32.6 Å². The zero-order valence-electron chi connectivity index (χ0n) is 7.97. The maximum atomic E-state index is 11.4. The van der Waals surface area contributed by atoms with Crippen molar-refractivity contribution in [3.8, 4) is 0 Å². The molecule has 12 heavy (non-hydrogen) atoms. The Bertz CT molecular complexity index is 188. The molecule has 0 spiro atoms. The first kappa shape index (κ1) is 9.30. The maximum Gasteiger partial charge on any atom is 0.246 e. The fourth-order valence-electron chi connectivity index (χ4n) is 1.41. The van der Waals surface area contributed by atoms with Gasteiger partial charge in [-0.1, -0.05) is 5.57 Å². The topological polar surface area (TPSA) is 20.3 Å². The lowest BCUT2D eigenvalue weighted by Crippen LogP contribution is -2.24. The summed E-state index contributed by atoms with van der Waals surface area (Å²) in [5, 5.41) is 0. The number of likely N-dealkylation sites (N-methyl/N-ethyl adjacent to an activating group) is 1. The van der Waals surface area contributed by atoms with Gasteiger partial charge in [-0.2, -0.15) is 0 Å². The van der Waals surface area contributed by atoms with Gasteiger partial charge >= 0.3 is 0 Å². The summed E-state index contributed by atoms with van der Waals surface area (Å²) in [4.78, 5) is 13.1. The smallest absolute Gasteiger partial charge is 0.246 e. The van der Waals surface area contributed by atoms with Gasteiger partial charge in [-0.15, -0.1) is 0 Å². The number of carbonyl (C=O) groups excluding carboxylic acids is 1. The minimum atomic E-state index is 0.161. The van der Waals surface area contributed by atoms with E-state index in [9.17, 15) is 4.79 Å².